The third-order valence-corrected chi connectivity index (χ3v) is 3.77. The number of aryl methyl sites for hydroxylation is 1. The summed E-state index contributed by atoms with van der Waals surface area (Å²) in [5, 5.41) is 20.9. The van der Waals surface area contributed by atoms with E-state index in [1.54, 1.807) is 10.9 Å². The molecule has 2 N–H and O–H groups in total. The molecule has 1 heterocycles. The van der Waals surface area contributed by atoms with Gasteiger partial charge in [0.25, 0.3) is 5.91 Å². The summed E-state index contributed by atoms with van der Waals surface area (Å²) in [5.74, 6) is -0.319. The number of aliphatic hydroxyl groups excluding tert-OH is 1. The first-order valence-corrected chi connectivity index (χ1v) is 7.24. The van der Waals surface area contributed by atoms with E-state index in [4.69, 9.17) is 0 Å². The van der Waals surface area contributed by atoms with E-state index in [0.29, 0.717) is 17.9 Å². The Morgan fingerprint density at radius 2 is 2.19 bits per heavy atom. The van der Waals surface area contributed by atoms with E-state index in [-0.39, 0.29) is 0 Å². The molecule has 0 aliphatic heterocycles. The lowest BCUT2D eigenvalue weighted by Gasteiger charge is -2.11. The number of hydrogen-bond acceptors (Lipinski definition) is 5. The predicted octanol–water partition coefficient (Wildman–Crippen LogP) is 0.896. The van der Waals surface area contributed by atoms with Crippen molar-refractivity contribution < 1.29 is 14.3 Å². The van der Waals surface area contributed by atoms with Gasteiger partial charge in [-0.05, 0) is 17.7 Å². The number of halogens is 1. The molecule has 2 rings (SSSR count). The van der Waals surface area contributed by atoms with Crippen LogP contribution in [0, 0.1) is 5.82 Å². The summed E-state index contributed by atoms with van der Waals surface area (Å²) < 4.78 is 14.5. The minimum Gasteiger partial charge on any atom is -0.378 e. The zero-order valence-electron chi connectivity index (χ0n) is 11.4. The fraction of sp³-hybridized carbons (Fsp3) is 0.308. The van der Waals surface area contributed by atoms with Gasteiger partial charge in [-0.1, -0.05) is 23.9 Å². The zero-order valence-corrected chi connectivity index (χ0v) is 12.2. The molecule has 0 aliphatic rings. The Bertz CT molecular complexity index is 602. The molecule has 0 spiro atoms. The lowest BCUT2D eigenvalue weighted by Crippen LogP contribution is -2.31. The third kappa shape index (κ3) is 4.27. The van der Waals surface area contributed by atoms with E-state index in [9.17, 15) is 14.3 Å². The third-order valence-electron chi connectivity index (χ3n) is 2.74. The summed E-state index contributed by atoms with van der Waals surface area (Å²) in [6, 6.07) is 5.17. The van der Waals surface area contributed by atoms with E-state index in [0.717, 1.165) is 5.16 Å². The molecule has 0 saturated heterocycles. The standard InChI is InChI=1S/C13H15FN4O2S/c1-18-8-16-17-13(18)21-7-6-15-12(20)11(19)9-2-4-10(14)5-3-9/h2-5,8,11,19H,6-7H2,1H3,(H,15,20)/t11-/m0/s1. The van der Waals surface area contributed by atoms with E-state index < -0.39 is 17.8 Å². The summed E-state index contributed by atoms with van der Waals surface area (Å²) in [7, 11) is 1.83. The lowest BCUT2D eigenvalue weighted by atomic mass is 10.1. The van der Waals surface area contributed by atoms with Crippen molar-refractivity contribution in [3.05, 3.63) is 42.0 Å². The molecule has 8 heteroatoms. The number of benzene rings is 1. The Labute approximate surface area is 125 Å². The molecule has 1 amide bonds. The van der Waals surface area contributed by atoms with Gasteiger partial charge in [-0.15, -0.1) is 10.2 Å². The molecule has 0 saturated carbocycles. The molecule has 1 atom stereocenters. The predicted molar refractivity (Wildman–Crippen MR) is 76.1 cm³/mol. The van der Waals surface area contributed by atoms with Gasteiger partial charge in [0.1, 0.15) is 12.1 Å². The first-order valence-electron chi connectivity index (χ1n) is 6.26. The Morgan fingerprint density at radius 3 is 2.81 bits per heavy atom. The number of hydrogen-bond donors (Lipinski definition) is 2. The van der Waals surface area contributed by atoms with Gasteiger partial charge in [0.15, 0.2) is 11.3 Å². The van der Waals surface area contributed by atoms with E-state index in [1.165, 1.54) is 36.0 Å². The minimum absolute atomic E-state index is 0.356. The molecule has 0 bridgehead atoms. The second kappa shape index (κ2) is 7.19. The molecule has 1 aromatic heterocycles. The molecular formula is C13H15FN4O2S. The monoisotopic (exact) mass is 310 g/mol. The van der Waals surface area contributed by atoms with Crippen LogP contribution in [-0.4, -0.2) is 38.1 Å². The number of thioether (sulfide) groups is 1. The van der Waals surface area contributed by atoms with E-state index in [2.05, 4.69) is 15.5 Å². The van der Waals surface area contributed by atoms with E-state index >= 15 is 0 Å². The normalized spacial score (nSPS) is 12.1. The van der Waals surface area contributed by atoms with Gasteiger partial charge in [0, 0.05) is 19.3 Å². The summed E-state index contributed by atoms with van der Waals surface area (Å²) in [6.45, 7) is 0.384. The van der Waals surface area contributed by atoms with Crippen LogP contribution >= 0.6 is 11.8 Å². The van der Waals surface area contributed by atoms with Crippen LogP contribution in [0.5, 0.6) is 0 Å². The van der Waals surface area contributed by atoms with Crippen molar-refractivity contribution in [2.24, 2.45) is 7.05 Å². The fourth-order valence-corrected chi connectivity index (χ4v) is 2.36. The minimum atomic E-state index is -1.30. The van der Waals surface area contributed by atoms with Crippen molar-refractivity contribution in [1.29, 1.82) is 0 Å². The van der Waals surface area contributed by atoms with Crippen LogP contribution in [-0.2, 0) is 11.8 Å². The molecule has 112 valence electrons. The number of aromatic nitrogens is 3. The lowest BCUT2D eigenvalue weighted by molar-refractivity contribution is -0.129. The van der Waals surface area contributed by atoms with Gasteiger partial charge < -0.3 is 15.0 Å². The van der Waals surface area contributed by atoms with Gasteiger partial charge in [0.05, 0.1) is 0 Å². The largest absolute Gasteiger partial charge is 0.378 e. The van der Waals surface area contributed by atoms with E-state index in [1.807, 2.05) is 7.05 Å². The molecule has 0 radical (unpaired) electrons. The summed E-state index contributed by atoms with van der Waals surface area (Å²) in [5.41, 5.74) is 0.356. The highest BCUT2D eigenvalue weighted by molar-refractivity contribution is 7.99. The maximum atomic E-state index is 12.8. The first-order chi connectivity index (χ1) is 10.1. The molecule has 1 aromatic carbocycles. The number of carbonyl (C=O) groups is 1. The number of amides is 1. The smallest absolute Gasteiger partial charge is 0.253 e. The number of carbonyl (C=O) groups excluding carboxylic acids is 1. The highest BCUT2D eigenvalue weighted by Gasteiger charge is 2.16. The SMILES string of the molecule is Cn1cnnc1SCCNC(=O)[C@@H](O)c1ccc(F)cc1. The van der Waals surface area contributed by atoms with Crippen molar-refractivity contribution in [3.63, 3.8) is 0 Å². The van der Waals surface area contributed by atoms with Crippen LogP contribution in [0.15, 0.2) is 35.7 Å². The topological polar surface area (TPSA) is 80.0 Å². The van der Waals surface area contributed by atoms with Gasteiger partial charge in [-0.25, -0.2) is 4.39 Å². The first kappa shape index (κ1) is 15.5. The second-order valence-electron chi connectivity index (χ2n) is 4.32. The fourth-order valence-electron chi connectivity index (χ4n) is 1.61. The van der Waals surface area contributed by atoms with Crippen molar-refractivity contribution in [3.8, 4) is 0 Å². The van der Waals surface area contributed by atoms with Gasteiger partial charge in [0.2, 0.25) is 0 Å². The summed E-state index contributed by atoms with van der Waals surface area (Å²) in [4.78, 5) is 11.8. The molecule has 21 heavy (non-hydrogen) atoms. The van der Waals surface area contributed by atoms with Crippen LogP contribution in [0.3, 0.4) is 0 Å². The van der Waals surface area contributed by atoms with Gasteiger partial charge in [-0.3, -0.25) is 4.79 Å². The Morgan fingerprint density at radius 1 is 1.48 bits per heavy atom. The molecule has 6 nitrogen and oxygen atoms in total. The highest BCUT2D eigenvalue weighted by Crippen LogP contribution is 2.14. The van der Waals surface area contributed by atoms with Crippen molar-refractivity contribution in [2.75, 3.05) is 12.3 Å². The van der Waals surface area contributed by atoms with Crippen LogP contribution < -0.4 is 5.32 Å². The summed E-state index contributed by atoms with van der Waals surface area (Å²) in [6.07, 6.45) is 0.296. The Kier molecular flexibility index (Phi) is 5.29. The van der Waals surface area contributed by atoms with Crippen molar-refractivity contribution in [1.82, 2.24) is 20.1 Å². The molecular weight excluding hydrogens is 295 g/mol. The van der Waals surface area contributed by atoms with Crippen molar-refractivity contribution >= 4 is 17.7 Å². The number of aliphatic hydroxyl groups is 1. The number of rotatable bonds is 6. The van der Waals surface area contributed by atoms with Crippen LogP contribution in [0.4, 0.5) is 4.39 Å². The van der Waals surface area contributed by atoms with Crippen LogP contribution in [0.2, 0.25) is 0 Å². The quantitative estimate of drug-likeness (QED) is 0.612. The van der Waals surface area contributed by atoms with Crippen molar-refractivity contribution in [2.45, 2.75) is 11.3 Å². The average molecular weight is 310 g/mol. The van der Waals surface area contributed by atoms with Crippen LogP contribution in [0.25, 0.3) is 0 Å². The average Bonchev–Trinajstić information content (AvgIpc) is 2.89. The number of nitrogens with one attached hydrogen (secondary N) is 1. The maximum absolute atomic E-state index is 12.8. The molecule has 0 fully saturated rings. The molecule has 0 aliphatic carbocycles. The maximum Gasteiger partial charge on any atom is 0.253 e. The number of nitrogens with zero attached hydrogens (tertiary/aromatic N) is 3. The Hall–Kier alpha value is -1.93. The zero-order chi connectivity index (χ0) is 15.2. The molecule has 2 aromatic rings. The highest BCUT2D eigenvalue weighted by atomic mass is 32.2. The van der Waals surface area contributed by atoms with Gasteiger partial charge in [-0.2, -0.15) is 0 Å². The van der Waals surface area contributed by atoms with Gasteiger partial charge >= 0.3 is 0 Å². The van der Waals surface area contributed by atoms with Crippen LogP contribution in [0.1, 0.15) is 11.7 Å². The second-order valence-corrected chi connectivity index (χ2v) is 5.38. The molecule has 0 unspecified atom stereocenters. The Balaban J connectivity index is 1.76. The summed E-state index contributed by atoms with van der Waals surface area (Å²) >= 11 is 1.45.